The zero-order valence-electron chi connectivity index (χ0n) is 14.9. The highest BCUT2D eigenvalue weighted by atomic mass is 35.5. The van der Waals surface area contributed by atoms with Gasteiger partial charge in [-0.2, -0.15) is 4.31 Å². The normalized spacial score (nSPS) is 11.4. The standard InChI is InChI=1S/C18H20Cl2N2O4S/c1-3-26-16-9-8-14(19)10-17(16)27(24,25)22(2)12-18(23)21-11-13-6-4-5-7-15(13)20/h4-10H,3,11-12H2,1-2H3,(H,21,23). The molecule has 0 aliphatic rings. The van der Waals surface area contributed by atoms with E-state index in [1.54, 1.807) is 37.3 Å². The second-order valence-electron chi connectivity index (χ2n) is 5.65. The third kappa shape index (κ3) is 5.59. The van der Waals surface area contributed by atoms with Crippen LogP contribution in [0.5, 0.6) is 5.75 Å². The van der Waals surface area contributed by atoms with Crippen molar-refractivity contribution in [2.24, 2.45) is 0 Å². The van der Waals surface area contributed by atoms with Crippen molar-refractivity contribution in [1.82, 2.24) is 9.62 Å². The van der Waals surface area contributed by atoms with Gasteiger partial charge in [-0.05, 0) is 36.8 Å². The summed E-state index contributed by atoms with van der Waals surface area (Å²) >= 11 is 12.0. The number of ether oxygens (including phenoxy) is 1. The van der Waals surface area contributed by atoms with Crippen molar-refractivity contribution in [3.8, 4) is 5.75 Å². The van der Waals surface area contributed by atoms with E-state index in [4.69, 9.17) is 27.9 Å². The van der Waals surface area contributed by atoms with Crippen molar-refractivity contribution in [2.75, 3.05) is 20.2 Å². The molecule has 146 valence electrons. The molecule has 0 aromatic heterocycles. The number of halogens is 2. The smallest absolute Gasteiger partial charge is 0.247 e. The molecule has 0 saturated carbocycles. The maximum absolute atomic E-state index is 12.8. The van der Waals surface area contributed by atoms with E-state index in [0.717, 1.165) is 9.87 Å². The number of carbonyl (C=O) groups excluding carboxylic acids is 1. The van der Waals surface area contributed by atoms with E-state index in [1.165, 1.54) is 19.2 Å². The first kappa shape index (κ1) is 21.5. The highest BCUT2D eigenvalue weighted by molar-refractivity contribution is 7.89. The fraction of sp³-hybridized carbons (Fsp3) is 0.278. The summed E-state index contributed by atoms with van der Waals surface area (Å²) in [6, 6.07) is 11.4. The third-order valence-electron chi connectivity index (χ3n) is 3.69. The SMILES string of the molecule is CCOc1ccc(Cl)cc1S(=O)(=O)N(C)CC(=O)NCc1ccccc1Cl. The fourth-order valence-electron chi connectivity index (χ4n) is 2.30. The van der Waals surface area contributed by atoms with Crippen molar-refractivity contribution in [3.63, 3.8) is 0 Å². The number of hydrogen-bond donors (Lipinski definition) is 1. The maximum Gasteiger partial charge on any atom is 0.247 e. The Balaban J connectivity index is 2.10. The number of nitrogens with one attached hydrogen (secondary N) is 1. The minimum Gasteiger partial charge on any atom is -0.492 e. The Bertz CT molecular complexity index is 919. The van der Waals surface area contributed by atoms with Gasteiger partial charge in [0.25, 0.3) is 0 Å². The summed E-state index contributed by atoms with van der Waals surface area (Å²) in [6.45, 7) is 1.89. The van der Waals surface area contributed by atoms with Gasteiger partial charge in [-0.3, -0.25) is 4.79 Å². The second kappa shape index (κ2) is 9.41. The zero-order chi connectivity index (χ0) is 20.0. The van der Waals surface area contributed by atoms with E-state index in [-0.39, 0.29) is 28.8 Å². The van der Waals surface area contributed by atoms with Crippen molar-refractivity contribution in [3.05, 3.63) is 58.1 Å². The van der Waals surface area contributed by atoms with Crippen LogP contribution < -0.4 is 10.1 Å². The van der Waals surface area contributed by atoms with Gasteiger partial charge in [0.1, 0.15) is 10.6 Å². The van der Waals surface area contributed by atoms with Crippen molar-refractivity contribution < 1.29 is 17.9 Å². The summed E-state index contributed by atoms with van der Waals surface area (Å²) in [5.41, 5.74) is 0.742. The van der Waals surface area contributed by atoms with E-state index in [1.807, 2.05) is 0 Å². The van der Waals surface area contributed by atoms with E-state index in [0.29, 0.717) is 11.6 Å². The van der Waals surface area contributed by atoms with Crippen LogP contribution in [-0.2, 0) is 21.4 Å². The highest BCUT2D eigenvalue weighted by Crippen LogP contribution is 2.29. The molecule has 2 aromatic carbocycles. The van der Waals surface area contributed by atoms with Crippen molar-refractivity contribution in [2.45, 2.75) is 18.4 Å². The Labute approximate surface area is 169 Å². The van der Waals surface area contributed by atoms with Crippen molar-refractivity contribution >= 4 is 39.1 Å². The number of hydrogen-bond acceptors (Lipinski definition) is 4. The number of likely N-dealkylation sites (N-methyl/N-ethyl adjacent to an activating group) is 1. The summed E-state index contributed by atoms with van der Waals surface area (Å²) < 4.78 is 32.0. The Morgan fingerprint density at radius 1 is 1.19 bits per heavy atom. The molecule has 2 aromatic rings. The van der Waals surface area contributed by atoms with Crippen LogP contribution in [0.4, 0.5) is 0 Å². The molecule has 1 amide bonds. The monoisotopic (exact) mass is 430 g/mol. The van der Waals surface area contributed by atoms with E-state index in [2.05, 4.69) is 5.32 Å². The Morgan fingerprint density at radius 2 is 1.89 bits per heavy atom. The topological polar surface area (TPSA) is 75.7 Å². The van der Waals surface area contributed by atoms with Gasteiger partial charge < -0.3 is 10.1 Å². The lowest BCUT2D eigenvalue weighted by atomic mass is 10.2. The maximum atomic E-state index is 12.8. The summed E-state index contributed by atoms with van der Waals surface area (Å²) in [4.78, 5) is 12.1. The lowest BCUT2D eigenvalue weighted by molar-refractivity contribution is -0.121. The molecule has 1 N–H and O–H groups in total. The van der Waals surface area contributed by atoms with Gasteiger partial charge >= 0.3 is 0 Å². The summed E-state index contributed by atoms with van der Waals surface area (Å²) in [5, 5.41) is 3.44. The molecule has 6 nitrogen and oxygen atoms in total. The largest absolute Gasteiger partial charge is 0.492 e. The molecule has 9 heteroatoms. The van der Waals surface area contributed by atoms with Gasteiger partial charge in [-0.15, -0.1) is 0 Å². The fourth-order valence-corrected chi connectivity index (χ4v) is 4.02. The Kier molecular flexibility index (Phi) is 7.49. The van der Waals surface area contributed by atoms with Crippen LogP contribution in [0.2, 0.25) is 10.0 Å². The predicted molar refractivity (Wildman–Crippen MR) is 106 cm³/mol. The molecular formula is C18H20Cl2N2O4S. The molecule has 0 aliphatic heterocycles. The van der Waals surface area contributed by atoms with Crippen LogP contribution in [0.15, 0.2) is 47.4 Å². The minimum atomic E-state index is -3.96. The highest BCUT2D eigenvalue weighted by Gasteiger charge is 2.27. The summed E-state index contributed by atoms with van der Waals surface area (Å²) in [5.74, 6) is -0.272. The molecule has 27 heavy (non-hydrogen) atoms. The molecule has 0 fully saturated rings. The number of nitrogens with zero attached hydrogens (tertiary/aromatic N) is 1. The molecule has 0 saturated heterocycles. The number of amides is 1. The van der Waals surface area contributed by atoms with Crippen LogP contribution in [-0.4, -0.2) is 38.8 Å². The van der Waals surface area contributed by atoms with Crippen molar-refractivity contribution in [1.29, 1.82) is 0 Å². The molecule has 0 bridgehead atoms. The van der Waals surface area contributed by atoms with E-state index in [9.17, 15) is 13.2 Å². The summed E-state index contributed by atoms with van der Waals surface area (Å²) in [6.07, 6.45) is 0. The first-order valence-electron chi connectivity index (χ1n) is 8.14. The Morgan fingerprint density at radius 3 is 2.56 bits per heavy atom. The lowest BCUT2D eigenvalue weighted by Crippen LogP contribution is -2.38. The quantitative estimate of drug-likeness (QED) is 0.696. The average Bonchev–Trinajstić information content (AvgIpc) is 2.62. The molecule has 0 unspecified atom stereocenters. The lowest BCUT2D eigenvalue weighted by Gasteiger charge is -2.19. The van der Waals surface area contributed by atoms with Gasteiger partial charge in [0, 0.05) is 23.6 Å². The van der Waals surface area contributed by atoms with Crippen LogP contribution in [0.3, 0.4) is 0 Å². The first-order valence-corrected chi connectivity index (χ1v) is 10.3. The van der Waals surface area contributed by atoms with Crippen LogP contribution in [0.1, 0.15) is 12.5 Å². The molecule has 0 heterocycles. The van der Waals surface area contributed by atoms with E-state index < -0.39 is 15.9 Å². The van der Waals surface area contributed by atoms with Gasteiger partial charge in [0.2, 0.25) is 15.9 Å². The number of benzene rings is 2. The molecule has 0 spiro atoms. The van der Waals surface area contributed by atoms with Gasteiger partial charge in [0.05, 0.1) is 13.2 Å². The molecule has 0 aliphatic carbocycles. The minimum absolute atomic E-state index is 0.0850. The number of carbonyl (C=O) groups is 1. The van der Waals surface area contributed by atoms with Gasteiger partial charge in [-0.1, -0.05) is 41.4 Å². The predicted octanol–water partition coefficient (Wildman–Crippen LogP) is 3.33. The van der Waals surface area contributed by atoms with Crippen LogP contribution in [0, 0.1) is 0 Å². The molecule has 2 rings (SSSR count). The molecule has 0 radical (unpaired) electrons. The van der Waals surface area contributed by atoms with Gasteiger partial charge in [-0.25, -0.2) is 8.42 Å². The van der Waals surface area contributed by atoms with Crippen LogP contribution >= 0.6 is 23.2 Å². The van der Waals surface area contributed by atoms with Crippen LogP contribution in [0.25, 0.3) is 0 Å². The second-order valence-corrected chi connectivity index (χ2v) is 8.51. The third-order valence-corrected chi connectivity index (χ3v) is 6.12. The Hall–Kier alpha value is -1.80. The number of sulfonamides is 1. The zero-order valence-corrected chi connectivity index (χ0v) is 17.2. The van der Waals surface area contributed by atoms with E-state index >= 15 is 0 Å². The molecular weight excluding hydrogens is 411 g/mol. The summed E-state index contributed by atoms with van der Waals surface area (Å²) in [7, 11) is -2.64. The average molecular weight is 431 g/mol. The van der Waals surface area contributed by atoms with Gasteiger partial charge in [0.15, 0.2) is 0 Å². The molecule has 0 atom stereocenters. The number of rotatable bonds is 8. The first-order chi connectivity index (χ1) is 12.8.